The zero-order valence-electron chi connectivity index (χ0n) is 8.64. The Morgan fingerprint density at radius 2 is 2.20 bits per heavy atom. The van der Waals surface area contributed by atoms with Crippen molar-refractivity contribution < 1.29 is 0 Å². The minimum atomic E-state index is 0.0211. The van der Waals surface area contributed by atoms with Crippen LogP contribution >= 0.6 is 0 Å². The summed E-state index contributed by atoms with van der Waals surface area (Å²) >= 11 is 0. The standard InChI is InChI=1S/C11H11N3O/c1-8-5-9(6-14(2)11(8)15)10-3-4-12-7-13-10/h3-7H,1-2H3. The quantitative estimate of drug-likeness (QED) is 0.695. The molecule has 0 saturated heterocycles. The van der Waals surface area contributed by atoms with Crippen molar-refractivity contribution in [1.82, 2.24) is 14.5 Å². The second-order valence-corrected chi connectivity index (χ2v) is 3.42. The van der Waals surface area contributed by atoms with Crippen LogP contribution in [0.3, 0.4) is 0 Å². The molecular weight excluding hydrogens is 190 g/mol. The van der Waals surface area contributed by atoms with Crippen molar-refractivity contribution in [2.75, 3.05) is 0 Å². The number of pyridine rings is 1. The molecular formula is C11H11N3O. The molecule has 4 heteroatoms. The van der Waals surface area contributed by atoms with E-state index in [1.165, 1.54) is 6.33 Å². The Morgan fingerprint density at radius 1 is 1.40 bits per heavy atom. The van der Waals surface area contributed by atoms with E-state index in [1.54, 1.807) is 30.9 Å². The van der Waals surface area contributed by atoms with Gasteiger partial charge in [-0.25, -0.2) is 9.97 Å². The third-order valence-corrected chi connectivity index (χ3v) is 2.24. The number of aryl methyl sites for hydroxylation is 2. The maximum Gasteiger partial charge on any atom is 0.253 e. The Labute approximate surface area is 87.2 Å². The maximum atomic E-state index is 11.5. The van der Waals surface area contributed by atoms with Crippen molar-refractivity contribution in [2.45, 2.75) is 6.92 Å². The Bertz CT molecular complexity index is 505. The normalized spacial score (nSPS) is 10.3. The van der Waals surface area contributed by atoms with E-state index in [0.29, 0.717) is 5.56 Å². The van der Waals surface area contributed by atoms with Gasteiger partial charge in [0, 0.05) is 30.6 Å². The zero-order valence-corrected chi connectivity index (χ0v) is 8.64. The Hall–Kier alpha value is -1.97. The van der Waals surface area contributed by atoms with E-state index in [9.17, 15) is 4.79 Å². The fraction of sp³-hybridized carbons (Fsp3) is 0.182. The van der Waals surface area contributed by atoms with Crippen LogP contribution in [-0.2, 0) is 7.05 Å². The van der Waals surface area contributed by atoms with Crippen LogP contribution in [0.15, 0.2) is 35.6 Å². The summed E-state index contributed by atoms with van der Waals surface area (Å²) in [4.78, 5) is 19.5. The van der Waals surface area contributed by atoms with Gasteiger partial charge in [0.2, 0.25) is 0 Å². The van der Waals surface area contributed by atoms with E-state index in [2.05, 4.69) is 9.97 Å². The molecule has 2 aromatic rings. The maximum absolute atomic E-state index is 11.5. The SMILES string of the molecule is Cc1cc(-c2ccncn2)cn(C)c1=O. The van der Waals surface area contributed by atoms with E-state index in [4.69, 9.17) is 0 Å². The first kappa shape index (κ1) is 9.58. The number of nitrogens with zero attached hydrogens (tertiary/aromatic N) is 3. The number of hydrogen-bond acceptors (Lipinski definition) is 3. The molecule has 0 atom stereocenters. The highest BCUT2D eigenvalue weighted by molar-refractivity contribution is 5.57. The molecule has 2 aromatic heterocycles. The fourth-order valence-corrected chi connectivity index (χ4v) is 1.48. The van der Waals surface area contributed by atoms with Crippen LogP contribution in [0.1, 0.15) is 5.56 Å². The summed E-state index contributed by atoms with van der Waals surface area (Å²) in [5.41, 5.74) is 2.49. The highest BCUT2D eigenvalue weighted by Crippen LogP contribution is 2.14. The van der Waals surface area contributed by atoms with Crippen molar-refractivity contribution >= 4 is 0 Å². The van der Waals surface area contributed by atoms with Crippen molar-refractivity contribution in [1.29, 1.82) is 0 Å². The Balaban J connectivity index is 2.61. The second-order valence-electron chi connectivity index (χ2n) is 3.42. The minimum Gasteiger partial charge on any atom is -0.318 e. The van der Waals surface area contributed by atoms with Gasteiger partial charge in [0.15, 0.2) is 0 Å². The average molecular weight is 201 g/mol. The van der Waals surface area contributed by atoms with E-state index in [1.807, 2.05) is 12.1 Å². The van der Waals surface area contributed by atoms with Gasteiger partial charge >= 0.3 is 0 Å². The van der Waals surface area contributed by atoms with E-state index in [0.717, 1.165) is 11.3 Å². The smallest absolute Gasteiger partial charge is 0.253 e. The van der Waals surface area contributed by atoms with Crippen LogP contribution in [0.4, 0.5) is 0 Å². The lowest BCUT2D eigenvalue weighted by atomic mass is 10.1. The molecule has 2 rings (SSSR count). The van der Waals surface area contributed by atoms with Crippen LogP contribution in [-0.4, -0.2) is 14.5 Å². The topological polar surface area (TPSA) is 47.8 Å². The van der Waals surface area contributed by atoms with Crippen molar-refractivity contribution in [2.24, 2.45) is 7.05 Å². The minimum absolute atomic E-state index is 0.0211. The first-order valence-corrected chi connectivity index (χ1v) is 4.62. The molecule has 0 N–H and O–H groups in total. The van der Waals surface area contributed by atoms with Crippen LogP contribution in [0, 0.1) is 6.92 Å². The van der Waals surface area contributed by atoms with Crippen molar-refractivity contribution in [3.63, 3.8) is 0 Å². The van der Waals surface area contributed by atoms with Gasteiger partial charge in [-0.2, -0.15) is 0 Å². The van der Waals surface area contributed by atoms with Gasteiger partial charge in [-0.3, -0.25) is 4.79 Å². The molecule has 0 radical (unpaired) electrons. The van der Waals surface area contributed by atoms with Gasteiger partial charge in [0.05, 0.1) is 5.69 Å². The summed E-state index contributed by atoms with van der Waals surface area (Å²) in [5.74, 6) is 0. The Kier molecular flexibility index (Phi) is 2.33. The average Bonchev–Trinajstić information content (AvgIpc) is 2.26. The molecule has 0 spiro atoms. The van der Waals surface area contributed by atoms with Crippen LogP contribution in [0.2, 0.25) is 0 Å². The first-order valence-electron chi connectivity index (χ1n) is 4.62. The van der Waals surface area contributed by atoms with Crippen molar-refractivity contribution in [3.8, 4) is 11.3 Å². The molecule has 0 aromatic carbocycles. The largest absolute Gasteiger partial charge is 0.318 e. The fourth-order valence-electron chi connectivity index (χ4n) is 1.48. The number of rotatable bonds is 1. The second kappa shape index (κ2) is 3.65. The molecule has 0 amide bonds. The molecule has 76 valence electrons. The molecule has 0 aliphatic rings. The van der Waals surface area contributed by atoms with E-state index < -0.39 is 0 Å². The van der Waals surface area contributed by atoms with Gasteiger partial charge < -0.3 is 4.57 Å². The van der Waals surface area contributed by atoms with Crippen LogP contribution in [0.5, 0.6) is 0 Å². The number of hydrogen-bond donors (Lipinski definition) is 0. The predicted octanol–water partition coefficient (Wildman–Crippen LogP) is 1.15. The molecule has 0 aliphatic carbocycles. The summed E-state index contributed by atoms with van der Waals surface area (Å²) in [7, 11) is 1.74. The predicted molar refractivity (Wildman–Crippen MR) is 57.4 cm³/mol. The molecule has 0 unspecified atom stereocenters. The summed E-state index contributed by atoms with van der Waals surface area (Å²) in [6, 6.07) is 3.66. The third-order valence-electron chi connectivity index (χ3n) is 2.24. The van der Waals surface area contributed by atoms with Gasteiger partial charge in [0.25, 0.3) is 5.56 Å². The monoisotopic (exact) mass is 201 g/mol. The molecule has 0 saturated carbocycles. The summed E-state index contributed by atoms with van der Waals surface area (Å²) < 4.78 is 1.56. The molecule has 0 fully saturated rings. The van der Waals surface area contributed by atoms with Gasteiger partial charge in [-0.1, -0.05) is 0 Å². The van der Waals surface area contributed by atoms with E-state index >= 15 is 0 Å². The number of aromatic nitrogens is 3. The lowest BCUT2D eigenvalue weighted by molar-refractivity contribution is 0.849. The molecule has 15 heavy (non-hydrogen) atoms. The lowest BCUT2D eigenvalue weighted by Gasteiger charge is -2.04. The van der Waals surface area contributed by atoms with Crippen LogP contribution in [0.25, 0.3) is 11.3 Å². The highest BCUT2D eigenvalue weighted by Gasteiger charge is 2.03. The Morgan fingerprint density at radius 3 is 2.80 bits per heavy atom. The highest BCUT2D eigenvalue weighted by atomic mass is 16.1. The third kappa shape index (κ3) is 1.79. The molecule has 4 nitrogen and oxygen atoms in total. The van der Waals surface area contributed by atoms with Gasteiger partial charge in [0.1, 0.15) is 6.33 Å². The summed E-state index contributed by atoms with van der Waals surface area (Å²) in [5, 5.41) is 0. The molecule has 0 bridgehead atoms. The van der Waals surface area contributed by atoms with Gasteiger partial charge in [-0.15, -0.1) is 0 Å². The van der Waals surface area contributed by atoms with Crippen LogP contribution < -0.4 is 5.56 Å². The molecule has 0 aliphatic heterocycles. The van der Waals surface area contributed by atoms with Gasteiger partial charge in [-0.05, 0) is 19.1 Å². The van der Waals surface area contributed by atoms with Crippen molar-refractivity contribution in [3.05, 3.63) is 46.8 Å². The summed E-state index contributed by atoms with van der Waals surface area (Å²) in [6.07, 6.45) is 4.95. The summed E-state index contributed by atoms with van der Waals surface area (Å²) in [6.45, 7) is 1.80. The first-order chi connectivity index (χ1) is 7.18. The lowest BCUT2D eigenvalue weighted by Crippen LogP contribution is -2.18. The zero-order chi connectivity index (χ0) is 10.8. The molecule has 2 heterocycles. The van der Waals surface area contributed by atoms with E-state index in [-0.39, 0.29) is 5.56 Å².